The fraction of sp³-hybridized carbons (Fsp3) is 0.429. The van der Waals surface area contributed by atoms with Crippen molar-refractivity contribution >= 4 is 11.8 Å². The zero-order chi connectivity index (χ0) is 15.6. The van der Waals surface area contributed by atoms with Crippen LogP contribution in [0.4, 0.5) is 13.2 Å². The summed E-state index contributed by atoms with van der Waals surface area (Å²) in [7, 11) is 1.44. The zero-order valence-electron chi connectivity index (χ0n) is 11.3. The predicted octanol–water partition coefficient (Wildman–Crippen LogP) is 1.67. The molecule has 1 aromatic rings. The SMILES string of the molecule is CNC(=O)CNC(=O)C1CC1c1ccccc1C(F)(F)F. The van der Waals surface area contributed by atoms with E-state index in [1.54, 1.807) is 0 Å². The smallest absolute Gasteiger partial charge is 0.358 e. The molecule has 2 atom stereocenters. The Labute approximate surface area is 119 Å². The Hall–Kier alpha value is -2.05. The zero-order valence-corrected chi connectivity index (χ0v) is 11.3. The molecule has 1 aliphatic rings. The molecule has 0 bridgehead atoms. The predicted molar refractivity (Wildman–Crippen MR) is 69.4 cm³/mol. The van der Waals surface area contributed by atoms with Crippen LogP contribution in [0.15, 0.2) is 24.3 Å². The first-order valence-electron chi connectivity index (χ1n) is 6.49. The van der Waals surface area contributed by atoms with Crippen LogP contribution in [-0.2, 0) is 15.8 Å². The molecule has 2 unspecified atom stereocenters. The number of nitrogens with one attached hydrogen (secondary N) is 2. The van der Waals surface area contributed by atoms with E-state index in [0.717, 1.165) is 6.07 Å². The molecule has 0 spiro atoms. The second kappa shape index (κ2) is 5.75. The van der Waals surface area contributed by atoms with Crippen molar-refractivity contribution < 1.29 is 22.8 Å². The van der Waals surface area contributed by atoms with Gasteiger partial charge in [-0.1, -0.05) is 18.2 Å². The van der Waals surface area contributed by atoms with Crippen LogP contribution in [0.2, 0.25) is 0 Å². The molecule has 2 N–H and O–H groups in total. The Bertz CT molecular complexity index is 557. The van der Waals surface area contributed by atoms with E-state index in [0.29, 0.717) is 6.42 Å². The number of hydrogen-bond acceptors (Lipinski definition) is 2. The van der Waals surface area contributed by atoms with Gasteiger partial charge < -0.3 is 10.6 Å². The molecule has 21 heavy (non-hydrogen) atoms. The molecule has 2 rings (SSSR count). The number of alkyl halides is 3. The van der Waals surface area contributed by atoms with Gasteiger partial charge in [-0.25, -0.2) is 0 Å². The van der Waals surface area contributed by atoms with Crippen LogP contribution in [-0.4, -0.2) is 25.4 Å². The summed E-state index contributed by atoms with van der Waals surface area (Å²) in [6, 6.07) is 5.28. The van der Waals surface area contributed by atoms with Gasteiger partial charge in [-0.05, 0) is 24.0 Å². The van der Waals surface area contributed by atoms with Crippen LogP contribution in [0, 0.1) is 5.92 Å². The molecule has 4 nitrogen and oxygen atoms in total. The van der Waals surface area contributed by atoms with Crippen LogP contribution in [0.1, 0.15) is 23.5 Å². The van der Waals surface area contributed by atoms with Crippen molar-refractivity contribution in [2.24, 2.45) is 5.92 Å². The lowest BCUT2D eigenvalue weighted by atomic mass is 10.0. The van der Waals surface area contributed by atoms with Gasteiger partial charge in [0, 0.05) is 13.0 Å². The lowest BCUT2D eigenvalue weighted by molar-refractivity contribution is -0.138. The van der Waals surface area contributed by atoms with Crippen LogP contribution in [0.5, 0.6) is 0 Å². The summed E-state index contributed by atoms with van der Waals surface area (Å²) in [5.74, 6) is -1.68. The first-order valence-corrected chi connectivity index (χ1v) is 6.49. The quantitative estimate of drug-likeness (QED) is 0.888. The highest BCUT2D eigenvalue weighted by Crippen LogP contribution is 2.50. The number of rotatable bonds is 4. The number of likely N-dealkylation sites (N-methyl/N-ethyl adjacent to an activating group) is 1. The summed E-state index contributed by atoms with van der Waals surface area (Å²) in [5, 5.41) is 4.77. The van der Waals surface area contributed by atoms with E-state index in [2.05, 4.69) is 10.6 Å². The number of amides is 2. The fourth-order valence-electron chi connectivity index (χ4n) is 2.29. The number of halogens is 3. The normalized spacial score (nSPS) is 20.8. The second-order valence-electron chi connectivity index (χ2n) is 4.92. The lowest BCUT2D eigenvalue weighted by Gasteiger charge is -2.12. The third-order valence-corrected chi connectivity index (χ3v) is 3.49. The first-order chi connectivity index (χ1) is 9.84. The monoisotopic (exact) mass is 300 g/mol. The van der Waals surface area contributed by atoms with Gasteiger partial charge in [-0.15, -0.1) is 0 Å². The van der Waals surface area contributed by atoms with E-state index < -0.39 is 23.6 Å². The number of benzene rings is 1. The Balaban J connectivity index is 2.04. The molecule has 1 aliphatic carbocycles. The van der Waals surface area contributed by atoms with Crippen molar-refractivity contribution in [1.29, 1.82) is 0 Å². The Kier molecular flexibility index (Phi) is 4.20. The highest BCUT2D eigenvalue weighted by Gasteiger charge is 2.47. The summed E-state index contributed by atoms with van der Waals surface area (Å²) in [4.78, 5) is 22.8. The summed E-state index contributed by atoms with van der Waals surface area (Å²) >= 11 is 0. The average molecular weight is 300 g/mol. The second-order valence-corrected chi connectivity index (χ2v) is 4.92. The maximum Gasteiger partial charge on any atom is 0.416 e. The molecule has 0 saturated heterocycles. The molecule has 114 valence electrons. The Morgan fingerprint density at radius 1 is 1.29 bits per heavy atom. The van der Waals surface area contributed by atoms with E-state index >= 15 is 0 Å². The molecule has 7 heteroatoms. The van der Waals surface area contributed by atoms with Gasteiger partial charge >= 0.3 is 6.18 Å². The molecule has 0 heterocycles. The molecule has 0 aromatic heterocycles. The van der Waals surface area contributed by atoms with Gasteiger partial charge in [0.2, 0.25) is 11.8 Å². The standard InChI is InChI=1S/C14H15F3N2O2/c1-18-12(20)7-19-13(21)10-6-9(10)8-4-2-3-5-11(8)14(15,16)17/h2-5,9-10H,6-7H2,1H3,(H,18,20)(H,19,21). The minimum absolute atomic E-state index is 0.144. The van der Waals surface area contributed by atoms with Gasteiger partial charge in [-0.2, -0.15) is 13.2 Å². The van der Waals surface area contributed by atoms with Crippen molar-refractivity contribution in [3.05, 3.63) is 35.4 Å². The molecular formula is C14H15F3N2O2. The highest BCUT2D eigenvalue weighted by atomic mass is 19.4. The van der Waals surface area contributed by atoms with Crippen LogP contribution in [0.3, 0.4) is 0 Å². The van der Waals surface area contributed by atoms with Crippen molar-refractivity contribution in [1.82, 2.24) is 10.6 Å². The third-order valence-electron chi connectivity index (χ3n) is 3.49. The highest BCUT2D eigenvalue weighted by molar-refractivity contribution is 5.87. The summed E-state index contributed by atoms with van der Waals surface area (Å²) < 4.78 is 38.7. The molecule has 1 saturated carbocycles. The van der Waals surface area contributed by atoms with E-state index in [4.69, 9.17) is 0 Å². The van der Waals surface area contributed by atoms with E-state index in [9.17, 15) is 22.8 Å². The first kappa shape index (κ1) is 15.3. The maximum atomic E-state index is 12.9. The van der Waals surface area contributed by atoms with Gasteiger partial charge in [-0.3, -0.25) is 9.59 Å². The van der Waals surface area contributed by atoms with Crippen molar-refractivity contribution in [2.75, 3.05) is 13.6 Å². The summed E-state index contributed by atoms with van der Waals surface area (Å²) in [5.41, 5.74) is -0.554. The van der Waals surface area contributed by atoms with Gasteiger partial charge in [0.25, 0.3) is 0 Å². The van der Waals surface area contributed by atoms with Crippen molar-refractivity contribution in [3.63, 3.8) is 0 Å². The minimum atomic E-state index is -4.43. The minimum Gasteiger partial charge on any atom is -0.358 e. The van der Waals surface area contributed by atoms with Gasteiger partial charge in [0.15, 0.2) is 0 Å². The number of carbonyl (C=O) groups is 2. The molecule has 1 aromatic carbocycles. The third kappa shape index (κ3) is 3.53. The Morgan fingerprint density at radius 2 is 1.95 bits per heavy atom. The number of carbonyl (C=O) groups excluding carboxylic acids is 2. The van der Waals surface area contributed by atoms with E-state index in [-0.39, 0.29) is 23.9 Å². The fourth-order valence-corrected chi connectivity index (χ4v) is 2.29. The summed E-state index contributed by atoms with van der Waals surface area (Å²) in [6.45, 7) is -0.167. The van der Waals surface area contributed by atoms with E-state index in [1.807, 2.05) is 0 Å². The topological polar surface area (TPSA) is 58.2 Å². The van der Waals surface area contributed by atoms with E-state index in [1.165, 1.54) is 25.2 Å². The van der Waals surface area contributed by atoms with Gasteiger partial charge in [0.05, 0.1) is 12.1 Å². The van der Waals surface area contributed by atoms with Crippen LogP contribution >= 0.6 is 0 Å². The molecule has 2 amide bonds. The average Bonchev–Trinajstić information content (AvgIpc) is 3.23. The largest absolute Gasteiger partial charge is 0.416 e. The maximum absolute atomic E-state index is 12.9. The van der Waals surface area contributed by atoms with Crippen LogP contribution < -0.4 is 10.6 Å². The molecule has 1 fully saturated rings. The summed E-state index contributed by atoms with van der Waals surface area (Å²) in [6.07, 6.45) is -4.06. The molecular weight excluding hydrogens is 285 g/mol. The molecule has 0 radical (unpaired) electrons. The molecule has 0 aliphatic heterocycles. The van der Waals surface area contributed by atoms with Crippen molar-refractivity contribution in [3.8, 4) is 0 Å². The Morgan fingerprint density at radius 3 is 2.57 bits per heavy atom. The van der Waals surface area contributed by atoms with Crippen LogP contribution in [0.25, 0.3) is 0 Å². The number of hydrogen-bond donors (Lipinski definition) is 2. The van der Waals surface area contributed by atoms with Gasteiger partial charge in [0.1, 0.15) is 0 Å². The van der Waals surface area contributed by atoms with Crippen molar-refractivity contribution in [2.45, 2.75) is 18.5 Å². The lowest BCUT2D eigenvalue weighted by Crippen LogP contribution is -2.36.